The van der Waals surface area contributed by atoms with Gasteiger partial charge in [0.2, 0.25) is 0 Å². The van der Waals surface area contributed by atoms with E-state index in [-0.39, 0.29) is 6.71 Å². The van der Waals surface area contributed by atoms with E-state index in [1.807, 2.05) is 42.7 Å². The number of nitrogens with zero attached hydrogens (tertiary/aromatic N) is 1. The van der Waals surface area contributed by atoms with Crippen LogP contribution < -0.4 is 25.9 Å². The minimum absolute atomic E-state index is 0.0214. The smallest absolute Gasteiger partial charge is 0.261 e. The predicted molar refractivity (Wildman–Crippen MR) is 150 cm³/mol. The fraction of sp³-hybridized carbons (Fsp3) is 0. The van der Waals surface area contributed by atoms with Crippen LogP contribution in [-0.2, 0) is 0 Å². The molecule has 8 rings (SSSR count). The molecule has 0 spiro atoms. The molecule has 0 radical (unpaired) electrons. The second kappa shape index (κ2) is 7.84. The van der Waals surface area contributed by atoms with Crippen molar-refractivity contribution in [3.8, 4) is 45.3 Å². The molecule has 0 aliphatic carbocycles. The summed E-state index contributed by atoms with van der Waals surface area (Å²) in [5.41, 5.74) is 8.11. The van der Waals surface area contributed by atoms with Crippen LogP contribution in [0.3, 0.4) is 0 Å². The van der Waals surface area contributed by atoms with Crippen LogP contribution in [0.4, 0.5) is 0 Å². The molecule has 2 aliphatic rings. The molecule has 0 amide bonds. The van der Waals surface area contributed by atoms with Gasteiger partial charge in [-0.05, 0) is 86.4 Å². The van der Waals surface area contributed by atoms with Gasteiger partial charge in [0, 0.05) is 17.9 Å². The Labute approximate surface area is 215 Å². The average molecular weight is 473 g/mol. The molecular weight excluding hydrogens is 453 g/mol. The van der Waals surface area contributed by atoms with E-state index in [0.29, 0.717) is 0 Å². The highest BCUT2D eigenvalue weighted by molar-refractivity contribution is 6.99. The molecular formula is C33H20BNO2. The standard InChI is InChI=1S/C33H20BNO2/c1-2-8-26-22(5-1)11-14-31-32(26)34-27-20-25(24-7-3-6-23(19-24)21-15-17-35-18-16-21)12-13-28(27)36-29-9-4-10-30(37-31)33(29)34/h1-20H. The fourth-order valence-electron chi connectivity index (χ4n) is 5.81. The summed E-state index contributed by atoms with van der Waals surface area (Å²) in [4.78, 5) is 4.16. The maximum absolute atomic E-state index is 6.45. The summed E-state index contributed by atoms with van der Waals surface area (Å²) in [6.07, 6.45) is 3.67. The molecule has 6 aromatic rings. The number of hydrogen-bond acceptors (Lipinski definition) is 3. The van der Waals surface area contributed by atoms with Crippen molar-refractivity contribution in [2.75, 3.05) is 0 Å². The van der Waals surface area contributed by atoms with Crippen molar-refractivity contribution in [2.45, 2.75) is 0 Å². The van der Waals surface area contributed by atoms with E-state index in [0.717, 1.165) is 45.1 Å². The summed E-state index contributed by atoms with van der Waals surface area (Å²) in [6.45, 7) is 0.0214. The minimum Gasteiger partial charge on any atom is -0.458 e. The third kappa shape index (κ3) is 3.12. The normalized spacial score (nSPS) is 12.7. The van der Waals surface area contributed by atoms with Crippen molar-refractivity contribution in [1.82, 2.24) is 4.98 Å². The van der Waals surface area contributed by atoms with Crippen LogP contribution in [0.15, 0.2) is 122 Å². The monoisotopic (exact) mass is 473 g/mol. The van der Waals surface area contributed by atoms with Gasteiger partial charge < -0.3 is 9.47 Å². The second-order valence-electron chi connectivity index (χ2n) is 9.57. The number of pyridine rings is 1. The third-order valence-corrected chi connectivity index (χ3v) is 7.50. The number of rotatable bonds is 2. The molecule has 3 nitrogen and oxygen atoms in total. The number of fused-ring (bicyclic) bond motifs is 6. The van der Waals surface area contributed by atoms with E-state index >= 15 is 0 Å². The number of benzene rings is 5. The molecule has 0 bridgehead atoms. The van der Waals surface area contributed by atoms with Crippen LogP contribution in [0.5, 0.6) is 23.0 Å². The van der Waals surface area contributed by atoms with Gasteiger partial charge in [0.05, 0.1) is 0 Å². The Kier molecular flexibility index (Phi) is 4.32. The van der Waals surface area contributed by atoms with E-state index in [2.05, 4.69) is 83.8 Å². The molecule has 0 saturated heterocycles. The van der Waals surface area contributed by atoms with E-state index in [9.17, 15) is 0 Å². The summed E-state index contributed by atoms with van der Waals surface area (Å²) in [5, 5.41) is 2.42. The Morgan fingerprint density at radius 1 is 0.486 bits per heavy atom. The molecule has 0 atom stereocenters. The molecule has 4 heteroatoms. The topological polar surface area (TPSA) is 31.4 Å². The molecule has 1 aromatic heterocycles. The maximum Gasteiger partial charge on any atom is 0.261 e. The van der Waals surface area contributed by atoms with Crippen LogP contribution in [0.1, 0.15) is 0 Å². The number of hydrogen-bond donors (Lipinski definition) is 0. The summed E-state index contributed by atoms with van der Waals surface area (Å²) in [5.74, 6) is 3.53. The Morgan fingerprint density at radius 3 is 2.03 bits per heavy atom. The molecule has 3 heterocycles. The average Bonchev–Trinajstić information content (AvgIpc) is 2.97. The third-order valence-electron chi connectivity index (χ3n) is 7.50. The van der Waals surface area contributed by atoms with E-state index in [1.165, 1.54) is 27.4 Å². The van der Waals surface area contributed by atoms with Crippen LogP contribution >= 0.6 is 0 Å². The first-order valence-electron chi connectivity index (χ1n) is 12.5. The SMILES string of the molecule is c1cc(-c2ccncc2)cc(-c2ccc3c(c2)B2c4c(cccc4Oc4ccc5ccccc5c42)O3)c1. The quantitative estimate of drug-likeness (QED) is 0.276. The lowest BCUT2D eigenvalue weighted by molar-refractivity contribution is 0.465. The maximum atomic E-state index is 6.45. The predicted octanol–water partition coefficient (Wildman–Crippen LogP) is 6.30. The van der Waals surface area contributed by atoms with Gasteiger partial charge in [-0.1, -0.05) is 66.7 Å². The van der Waals surface area contributed by atoms with Crippen molar-refractivity contribution in [3.05, 3.63) is 122 Å². The van der Waals surface area contributed by atoms with E-state index < -0.39 is 0 Å². The first-order chi connectivity index (χ1) is 18.3. The summed E-state index contributed by atoms with van der Waals surface area (Å²) < 4.78 is 12.9. The highest BCUT2D eigenvalue weighted by Gasteiger charge is 2.41. The van der Waals surface area contributed by atoms with Crippen molar-refractivity contribution in [2.24, 2.45) is 0 Å². The lowest BCUT2D eigenvalue weighted by Gasteiger charge is -2.33. The van der Waals surface area contributed by atoms with Crippen molar-refractivity contribution < 1.29 is 9.47 Å². The summed E-state index contributed by atoms with van der Waals surface area (Å²) in [6, 6.07) is 38.2. The Morgan fingerprint density at radius 2 is 1.16 bits per heavy atom. The van der Waals surface area contributed by atoms with Gasteiger partial charge in [-0.25, -0.2) is 0 Å². The van der Waals surface area contributed by atoms with Crippen LogP contribution in [0.2, 0.25) is 0 Å². The molecule has 0 fully saturated rings. The first-order valence-corrected chi connectivity index (χ1v) is 12.5. The molecule has 2 aliphatic heterocycles. The molecule has 0 unspecified atom stereocenters. The first kappa shape index (κ1) is 20.4. The highest BCUT2D eigenvalue weighted by Crippen LogP contribution is 2.37. The number of aromatic nitrogens is 1. The van der Waals surface area contributed by atoms with Gasteiger partial charge >= 0.3 is 0 Å². The fourth-order valence-corrected chi connectivity index (χ4v) is 5.81. The lowest BCUT2D eigenvalue weighted by Crippen LogP contribution is -2.57. The summed E-state index contributed by atoms with van der Waals surface area (Å²) >= 11 is 0. The van der Waals surface area contributed by atoms with Crippen LogP contribution in [0, 0.1) is 0 Å². The van der Waals surface area contributed by atoms with Gasteiger partial charge in [-0.15, -0.1) is 0 Å². The molecule has 0 N–H and O–H groups in total. The molecule has 5 aromatic carbocycles. The van der Waals surface area contributed by atoms with Crippen LogP contribution in [-0.4, -0.2) is 11.7 Å². The minimum atomic E-state index is 0.0214. The Balaban J connectivity index is 1.35. The van der Waals surface area contributed by atoms with E-state index in [1.54, 1.807) is 0 Å². The largest absolute Gasteiger partial charge is 0.458 e. The highest BCUT2D eigenvalue weighted by atomic mass is 16.5. The van der Waals surface area contributed by atoms with Gasteiger partial charge in [0.1, 0.15) is 23.0 Å². The molecule has 0 saturated carbocycles. The van der Waals surface area contributed by atoms with Crippen molar-refractivity contribution in [3.63, 3.8) is 0 Å². The Bertz CT molecular complexity index is 1830. The molecule has 172 valence electrons. The van der Waals surface area contributed by atoms with Gasteiger partial charge in [0.25, 0.3) is 6.71 Å². The molecule has 37 heavy (non-hydrogen) atoms. The summed E-state index contributed by atoms with van der Waals surface area (Å²) in [7, 11) is 0. The zero-order valence-corrected chi connectivity index (χ0v) is 19.9. The van der Waals surface area contributed by atoms with Crippen molar-refractivity contribution in [1.29, 1.82) is 0 Å². The zero-order valence-electron chi connectivity index (χ0n) is 19.9. The van der Waals surface area contributed by atoms with Gasteiger partial charge in [-0.2, -0.15) is 0 Å². The van der Waals surface area contributed by atoms with E-state index in [4.69, 9.17) is 9.47 Å². The van der Waals surface area contributed by atoms with Gasteiger partial charge in [0.15, 0.2) is 0 Å². The van der Waals surface area contributed by atoms with Gasteiger partial charge in [-0.3, -0.25) is 4.98 Å². The van der Waals surface area contributed by atoms with Crippen molar-refractivity contribution >= 4 is 33.9 Å². The number of ether oxygens (including phenoxy) is 2. The van der Waals surface area contributed by atoms with Crippen LogP contribution in [0.25, 0.3) is 33.0 Å². The second-order valence-corrected chi connectivity index (χ2v) is 9.57. The zero-order chi connectivity index (χ0) is 24.3. The Hall–Kier alpha value is -4.83. The lowest BCUT2D eigenvalue weighted by atomic mass is 9.34.